The Morgan fingerprint density at radius 1 is 1.54 bits per heavy atom. The van der Waals surface area contributed by atoms with Gasteiger partial charge in [-0.2, -0.15) is 5.26 Å². The standard InChI is InChI=1S/C9H9FN2O/c10-7-3-6(4-8(13)5-7)9(12)1-2-11/h3-5,9,13H,1,12H2/t9-/m0/s1. The van der Waals surface area contributed by atoms with E-state index in [9.17, 15) is 4.39 Å². The maximum absolute atomic E-state index is 12.7. The number of hydrogen-bond acceptors (Lipinski definition) is 3. The summed E-state index contributed by atoms with van der Waals surface area (Å²) in [5.41, 5.74) is 5.97. The largest absolute Gasteiger partial charge is 0.508 e. The Bertz CT molecular complexity index is 326. The van der Waals surface area contributed by atoms with Gasteiger partial charge in [0.05, 0.1) is 12.5 Å². The molecule has 0 aromatic heterocycles. The molecule has 1 rings (SSSR count). The molecule has 0 aliphatic carbocycles. The maximum atomic E-state index is 12.7. The van der Waals surface area contributed by atoms with Gasteiger partial charge in [-0.15, -0.1) is 0 Å². The Morgan fingerprint density at radius 2 is 2.23 bits per heavy atom. The van der Waals surface area contributed by atoms with Gasteiger partial charge in [-0.3, -0.25) is 0 Å². The highest BCUT2D eigenvalue weighted by atomic mass is 19.1. The van der Waals surface area contributed by atoms with Crippen molar-refractivity contribution in [2.45, 2.75) is 12.5 Å². The summed E-state index contributed by atoms with van der Waals surface area (Å²) in [6.07, 6.45) is 0.100. The number of rotatable bonds is 2. The van der Waals surface area contributed by atoms with Crippen molar-refractivity contribution in [3.05, 3.63) is 29.6 Å². The average Bonchev–Trinajstić information content (AvgIpc) is 2.03. The van der Waals surface area contributed by atoms with Crippen molar-refractivity contribution in [2.24, 2.45) is 5.73 Å². The van der Waals surface area contributed by atoms with Crippen LogP contribution in [0.4, 0.5) is 4.39 Å². The third-order valence-corrected chi connectivity index (χ3v) is 1.64. The highest BCUT2D eigenvalue weighted by Crippen LogP contribution is 2.20. The fourth-order valence-corrected chi connectivity index (χ4v) is 1.03. The first kappa shape index (κ1) is 9.49. The number of halogens is 1. The minimum Gasteiger partial charge on any atom is -0.508 e. The number of benzene rings is 1. The van der Waals surface area contributed by atoms with E-state index in [0.29, 0.717) is 5.56 Å². The van der Waals surface area contributed by atoms with E-state index in [1.54, 1.807) is 0 Å². The Hall–Kier alpha value is -1.60. The van der Waals surface area contributed by atoms with Crippen LogP contribution >= 0.6 is 0 Å². The van der Waals surface area contributed by atoms with E-state index in [1.807, 2.05) is 6.07 Å². The predicted molar refractivity (Wildman–Crippen MR) is 45.2 cm³/mol. The summed E-state index contributed by atoms with van der Waals surface area (Å²) in [5, 5.41) is 17.4. The van der Waals surface area contributed by atoms with Crippen molar-refractivity contribution in [3.8, 4) is 11.8 Å². The van der Waals surface area contributed by atoms with Gasteiger partial charge in [0, 0.05) is 12.1 Å². The topological polar surface area (TPSA) is 70.0 Å². The van der Waals surface area contributed by atoms with Gasteiger partial charge < -0.3 is 10.8 Å². The number of hydrogen-bond donors (Lipinski definition) is 2. The first-order valence-corrected chi connectivity index (χ1v) is 3.75. The second-order valence-corrected chi connectivity index (χ2v) is 2.71. The van der Waals surface area contributed by atoms with Gasteiger partial charge in [0.2, 0.25) is 0 Å². The molecule has 0 radical (unpaired) electrons. The Balaban J connectivity index is 2.95. The predicted octanol–water partition coefficient (Wildman–Crippen LogP) is 1.44. The Labute approximate surface area is 75.2 Å². The summed E-state index contributed by atoms with van der Waals surface area (Å²) in [7, 11) is 0. The number of nitrogens with two attached hydrogens (primary N) is 1. The molecule has 3 nitrogen and oxygen atoms in total. The maximum Gasteiger partial charge on any atom is 0.127 e. The van der Waals surface area contributed by atoms with Crippen LogP contribution in [0.15, 0.2) is 18.2 Å². The van der Waals surface area contributed by atoms with Crippen LogP contribution in [0, 0.1) is 17.1 Å². The van der Waals surface area contributed by atoms with E-state index in [0.717, 1.165) is 6.07 Å². The molecule has 1 aromatic rings. The fraction of sp³-hybridized carbons (Fsp3) is 0.222. The summed E-state index contributed by atoms with van der Waals surface area (Å²) < 4.78 is 12.7. The van der Waals surface area contributed by atoms with Crippen LogP contribution in [-0.2, 0) is 0 Å². The van der Waals surface area contributed by atoms with Crippen molar-refractivity contribution in [1.82, 2.24) is 0 Å². The van der Waals surface area contributed by atoms with Crippen LogP contribution in [-0.4, -0.2) is 5.11 Å². The van der Waals surface area contributed by atoms with E-state index in [2.05, 4.69) is 0 Å². The molecule has 0 unspecified atom stereocenters. The average molecular weight is 180 g/mol. The van der Waals surface area contributed by atoms with E-state index in [1.165, 1.54) is 12.1 Å². The molecule has 1 aromatic carbocycles. The molecule has 1 atom stereocenters. The number of phenols is 1. The van der Waals surface area contributed by atoms with Gasteiger partial charge in [-0.05, 0) is 17.7 Å². The smallest absolute Gasteiger partial charge is 0.127 e. The zero-order valence-corrected chi connectivity index (χ0v) is 6.87. The molecule has 0 heterocycles. The van der Waals surface area contributed by atoms with Crippen molar-refractivity contribution in [3.63, 3.8) is 0 Å². The van der Waals surface area contributed by atoms with Gasteiger partial charge in [0.25, 0.3) is 0 Å². The lowest BCUT2D eigenvalue weighted by molar-refractivity contribution is 0.467. The number of aromatic hydroxyl groups is 1. The first-order valence-electron chi connectivity index (χ1n) is 3.75. The molecule has 0 saturated carbocycles. The summed E-state index contributed by atoms with van der Waals surface area (Å²) in [6.45, 7) is 0. The lowest BCUT2D eigenvalue weighted by atomic mass is 10.1. The summed E-state index contributed by atoms with van der Waals surface area (Å²) in [6, 6.07) is 4.88. The molecule has 0 aliphatic heterocycles. The lowest BCUT2D eigenvalue weighted by Crippen LogP contribution is -2.09. The van der Waals surface area contributed by atoms with Crippen LogP contribution in [0.3, 0.4) is 0 Å². The molecule has 13 heavy (non-hydrogen) atoms. The van der Waals surface area contributed by atoms with E-state index >= 15 is 0 Å². The minimum absolute atomic E-state index is 0.100. The zero-order chi connectivity index (χ0) is 9.84. The van der Waals surface area contributed by atoms with Crippen LogP contribution in [0.2, 0.25) is 0 Å². The Kier molecular flexibility index (Phi) is 2.83. The van der Waals surface area contributed by atoms with Gasteiger partial charge in [-0.1, -0.05) is 0 Å². The molecule has 0 spiro atoms. The van der Waals surface area contributed by atoms with Gasteiger partial charge in [-0.25, -0.2) is 4.39 Å². The molecule has 0 bridgehead atoms. The zero-order valence-electron chi connectivity index (χ0n) is 6.87. The van der Waals surface area contributed by atoms with Crippen molar-refractivity contribution in [2.75, 3.05) is 0 Å². The second-order valence-electron chi connectivity index (χ2n) is 2.71. The Morgan fingerprint density at radius 3 is 2.77 bits per heavy atom. The van der Waals surface area contributed by atoms with Crippen LogP contribution in [0.1, 0.15) is 18.0 Å². The van der Waals surface area contributed by atoms with Crippen molar-refractivity contribution in [1.29, 1.82) is 5.26 Å². The molecule has 0 amide bonds. The van der Waals surface area contributed by atoms with Gasteiger partial charge >= 0.3 is 0 Å². The number of phenolic OH excluding ortho intramolecular Hbond substituents is 1. The van der Waals surface area contributed by atoms with E-state index < -0.39 is 11.9 Å². The molecule has 3 N–H and O–H groups in total. The first-order chi connectivity index (χ1) is 6.13. The van der Waals surface area contributed by atoms with E-state index in [-0.39, 0.29) is 12.2 Å². The number of nitriles is 1. The summed E-state index contributed by atoms with van der Waals surface area (Å²) >= 11 is 0. The fourth-order valence-electron chi connectivity index (χ4n) is 1.03. The van der Waals surface area contributed by atoms with Crippen molar-refractivity contribution < 1.29 is 9.50 Å². The third kappa shape index (κ3) is 2.42. The summed E-state index contributed by atoms with van der Waals surface area (Å²) in [5.74, 6) is -0.730. The minimum atomic E-state index is -0.552. The highest BCUT2D eigenvalue weighted by Gasteiger charge is 2.07. The normalized spacial score (nSPS) is 12.1. The van der Waals surface area contributed by atoms with Gasteiger partial charge in [0.15, 0.2) is 0 Å². The summed E-state index contributed by atoms with van der Waals surface area (Å²) in [4.78, 5) is 0. The molecule has 0 saturated heterocycles. The van der Waals surface area contributed by atoms with E-state index in [4.69, 9.17) is 16.1 Å². The van der Waals surface area contributed by atoms with Crippen LogP contribution in [0.25, 0.3) is 0 Å². The third-order valence-electron chi connectivity index (χ3n) is 1.64. The highest BCUT2D eigenvalue weighted by molar-refractivity contribution is 5.30. The monoisotopic (exact) mass is 180 g/mol. The molecular weight excluding hydrogens is 171 g/mol. The molecule has 4 heteroatoms. The van der Waals surface area contributed by atoms with Crippen LogP contribution < -0.4 is 5.73 Å². The van der Waals surface area contributed by atoms with Gasteiger partial charge in [0.1, 0.15) is 11.6 Å². The van der Waals surface area contributed by atoms with Crippen LogP contribution in [0.5, 0.6) is 5.75 Å². The quantitative estimate of drug-likeness (QED) is 0.723. The molecule has 0 fully saturated rings. The SMILES string of the molecule is N#CC[C@H](N)c1cc(O)cc(F)c1. The molecular formula is C9H9FN2O. The molecule has 68 valence electrons. The van der Waals surface area contributed by atoms with Crippen molar-refractivity contribution >= 4 is 0 Å². The second kappa shape index (κ2) is 3.87. The molecule has 0 aliphatic rings. The lowest BCUT2D eigenvalue weighted by Gasteiger charge is -2.07. The number of nitrogens with zero attached hydrogens (tertiary/aromatic N) is 1.